The molecule has 4 aromatic rings. The molecule has 0 aliphatic heterocycles. The average molecular weight is 315 g/mol. The molecular weight excluding hydrogens is 307 g/mol. The van der Waals surface area contributed by atoms with Crippen LogP contribution in [-0.4, -0.2) is 19.7 Å². The molecule has 1 aromatic carbocycles. The monoisotopic (exact) mass is 314 g/mol. The molecule has 0 bridgehead atoms. The largest absolute Gasteiger partial charge is 0.237 e. The molecule has 4 rings (SSSR count). The summed E-state index contributed by atoms with van der Waals surface area (Å²) in [4.78, 5) is 8.92. The predicted octanol–water partition coefficient (Wildman–Crippen LogP) is 4.28. The first kappa shape index (κ1) is 12.6. The lowest BCUT2D eigenvalue weighted by molar-refractivity contribution is 0.865. The molecule has 0 saturated carbocycles. The molecule has 0 amide bonds. The molecule has 3 aromatic heterocycles. The van der Waals surface area contributed by atoms with Crippen LogP contribution in [0.25, 0.3) is 27.8 Å². The number of aromatic nitrogens is 4. The lowest BCUT2D eigenvalue weighted by atomic mass is 10.2. The third kappa shape index (κ3) is 1.95. The van der Waals surface area contributed by atoms with Crippen LogP contribution < -0.4 is 0 Å². The highest BCUT2D eigenvalue weighted by Crippen LogP contribution is 2.32. The zero-order chi connectivity index (χ0) is 14.4. The molecule has 0 aliphatic rings. The van der Waals surface area contributed by atoms with Crippen molar-refractivity contribution in [2.75, 3.05) is 0 Å². The Balaban J connectivity index is 2.09. The number of hydrogen-bond donors (Lipinski definition) is 0. The third-order valence-corrected chi connectivity index (χ3v) is 3.91. The van der Waals surface area contributed by atoms with Crippen molar-refractivity contribution in [1.82, 2.24) is 19.7 Å². The van der Waals surface area contributed by atoms with E-state index in [1.54, 1.807) is 23.1 Å². The number of fused-ring (bicyclic) bond motifs is 2. The van der Waals surface area contributed by atoms with Crippen LogP contribution in [0.4, 0.5) is 0 Å². The first-order chi connectivity index (χ1) is 10.2. The highest BCUT2D eigenvalue weighted by Gasteiger charge is 2.13. The second kappa shape index (κ2) is 4.69. The molecule has 6 heteroatoms. The van der Waals surface area contributed by atoms with E-state index in [0.717, 1.165) is 16.3 Å². The van der Waals surface area contributed by atoms with Crippen molar-refractivity contribution in [3.63, 3.8) is 0 Å². The second-order valence-corrected chi connectivity index (χ2v) is 5.38. The Morgan fingerprint density at radius 2 is 1.90 bits per heavy atom. The normalized spacial score (nSPS) is 11.3. The number of hydrogen-bond acceptors (Lipinski definition) is 3. The van der Waals surface area contributed by atoms with Crippen LogP contribution in [0.15, 0.2) is 48.8 Å². The Labute approximate surface area is 130 Å². The van der Waals surface area contributed by atoms with Gasteiger partial charge in [0.25, 0.3) is 0 Å². The average Bonchev–Trinajstić information content (AvgIpc) is 2.93. The van der Waals surface area contributed by atoms with E-state index in [4.69, 9.17) is 23.2 Å². The minimum atomic E-state index is 0.597. The summed E-state index contributed by atoms with van der Waals surface area (Å²) in [6.07, 6.45) is 3.41. The summed E-state index contributed by atoms with van der Waals surface area (Å²) < 4.78 is 1.68. The molecule has 0 atom stereocenters. The van der Waals surface area contributed by atoms with Crippen molar-refractivity contribution >= 4 is 45.1 Å². The van der Waals surface area contributed by atoms with Gasteiger partial charge in [-0.15, -0.1) is 0 Å². The summed E-state index contributed by atoms with van der Waals surface area (Å²) in [6.45, 7) is 0. The van der Waals surface area contributed by atoms with Gasteiger partial charge in [0, 0.05) is 16.6 Å². The van der Waals surface area contributed by atoms with Gasteiger partial charge in [0.1, 0.15) is 0 Å². The summed E-state index contributed by atoms with van der Waals surface area (Å²) in [5.41, 5.74) is 1.45. The van der Waals surface area contributed by atoms with Crippen LogP contribution in [0.5, 0.6) is 0 Å². The topological polar surface area (TPSA) is 43.6 Å². The molecule has 0 N–H and O–H groups in total. The van der Waals surface area contributed by atoms with E-state index in [0.29, 0.717) is 21.5 Å². The van der Waals surface area contributed by atoms with Gasteiger partial charge >= 0.3 is 0 Å². The maximum atomic E-state index is 6.47. The molecule has 0 aliphatic carbocycles. The van der Waals surface area contributed by atoms with Gasteiger partial charge in [0.05, 0.1) is 22.1 Å². The Hall–Kier alpha value is -2.17. The van der Waals surface area contributed by atoms with E-state index in [9.17, 15) is 0 Å². The Bertz CT molecular complexity index is 964. The van der Waals surface area contributed by atoms with Crippen molar-refractivity contribution in [3.8, 4) is 5.82 Å². The highest BCUT2D eigenvalue weighted by molar-refractivity contribution is 6.40. The summed E-state index contributed by atoms with van der Waals surface area (Å²) >= 11 is 12.5. The van der Waals surface area contributed by atoms with E-state index in [-0.39, 0.29) is 0 Å². The predicted molar refractivity (Wildman–Crippen MR) is 84.2 cm³/mol. The van der Waals surface area contributed by atoms with Gasteiger partial charge in [-0.05, 0) is 30.3 Å². The lowest BCUT2D eigenvalue weighted by Crippen LogP contribution is -1.99. The molecular formula is C15H8Cl2N4. The van der Waals surface area contributed by atoms with Crippen LogP contribution in [0.3, 0.4) is 0 Å². The Morgan fingerprint density at radius 3 is 2.71 bits per heavy atom. The third-order valence-electron chi connectivity index (χ3n) is 3.27. The van der Waals surface area contributed by atoms with Gasteiger partial charge in [-0.2, -0.15) is 9.78 Å². The summed E-state index contributed by atoms with van der Waals surface area (Å²) in [7, 11) is 0. The minimum Gasteiger partial charge on any atom is -0.237 e. The van der Waals surface area contributed by atoms with Crippen molar-refractivity contribution < 1.29 is 0 Å². The highest BCUT2D eigenvalue weighted by atomic mass is 35.5. The lowest BCUT2D eigenvalue weighted by Gasteiger charge is -2.05. The minimum absolute atomic E-state index is 0.597. The van der Waals surface area contributed by atoms with Crippen molar-refractivity contribution in [2.24, 2.45) is 0 Å². The molecule has 3 heterocycles. The van der Waals surface area contributed by atoms with E-state index < -0.39 is 0 Å². The van der Waals surface area contributed by atoms with Gasteiger partial charge in [-0.3, -0.25) is 0 Å². The standard InChI is InChI=1S/C15H8Cl2N4/c16-9-4-5-12-10(7-9)14(17)11-8-19-21(15(11)20-12)13-3-1-2-6-18-13/h1-8H. The van der Waals surface area contributed by atoms with Crippen LogP contribution in [0.2, 0.25) is 10.0 Å². The van der Waals surface area contributed by atoms with Crippen molar-refractivity contribution in [3.05, 3.63) is 58.8 Å². The van der Waals surface area contributed by atoms with Gasteiger partial charge in [-0.1, -0.05) is 29.3 Å². The van der Waals surface area contributed by atoms with E-state index in [2.05, 4.69) is 15.1 Å². The smallest absolute Gasteiger partial charge is 0.166 e. The molecule has 0 fully saturated rings. The molecule has 0 saturated heterocycles. The first-order valence-electron chi connectivity index (χ1n) is 6.28. The summed E-state index contributed by atoms with van der Waals surface area (Å²) in [5.74, 6) is 0.699. The number of halogens is 2. The van der Waals surface area contributed by atoms with Crippen LogP contribution >= 0.6 is 23.2 Å². The number of nitrogens with zero attached hydrogens (tertiary/aromatic N) is 4. The fraction of sp³-hybridized carbons (Fsp3) is 0. The molecule has 102 valence electrons. The SMILES string of the molecule is Clc1ccc2nc3c(cnn3-c3ccccn3)c(Cl)c2c1. The fourth-order valence-corrected chi connectivity index (χ4v) is 2.75. The number of pyridine rings is 2. The van der Waals surface area contributed by atoms with E-state index in [1.165, 1.54) is 0 Å². The van der Waals surface area contributed by atoms with Crippen LogP contribution in [-0.2, 0) is 0 Å². The molecule has 0 radical (unpaired) electrons. The molecule has 0 unspecified atom stereocenters. The molecule has 21 heavy (non-hydrogen) atoms. The Kier molecular flexibility index (Phi) is 2.80. The van der Waals surface area contributed by atoms with Crippen molar-refractivity contribution in [2.45, 2.75) is 0 Å². The first-order valence-corrected chi connectivity index (χ1v) is 7.03. The van der Waals surface area contributed by atoms with Crippen molar-refractivity contribution in [1.29, 1.82) is 0 Å². The quantitative estimate of drug-likeness (QED) is 0.527. The molecule has 4 nitrogen and oxygen atoms in total. The molecule has 0 spiro atoms. The van der Waals surface area contributed by atoms with Crippen LogP contribution in [0.1, 0.15) is 0 Å². The summed E-state index contributed by atoms with van der Waals surface area (Å²) in [6, 6.07) is 11.1. The fourth-order valence-electron chi connectivity index (χ4n) is 2.29. The number of benzene rings is 1. The number of rotatable bonds is 1. The van der Waals surface area contributed by atoms with Gasteiger partial charge in [0.2, 0.25) is 0 Å². The zero-order valence-corrected chi connectivity index (χ0v) is 12.2. The van der Waals surface area contributed by atoms with Crippen LogP contribution in [0, 0.1) is 0 Å². The van der Waals surface area contributed by atoms with E-state index in [1.807, 2.05) is 30.3 Å². The zero-order valence-electron chi connectivity index (χ0n) is 10.7. The maximum absolute atomic E-state index is 6.47. The summed E-state index contributed by atoms with van der Waals surface area (Å²) in [5, 5.41) is 7.16. The second-order valence-electron chi connectivity index (χ2n) is 4.57. The maximum Gasteiger partial charge on any atom is 0.166 e. The Morgan fingerprint density at radius 1 is 1.00 bits per heavy atom. The van der Waals surface area contributed by atoms with Gasteiger partial charge in [0.15, 0.2) is 11.5 Å². The van der Waals surface area contributed by atoms with Gasteiger partial charge in [-0.25, -0.2) is 9.97 Å². The van der Waals surface area contributed by atoms with E-state index >= 15 is 0 Å². The van der Waals surface area contributed by atoms with Gasteiger partial charge < -0.3 is 0 Å².